The Morgan fingerprint density at radius 1 is 1.34 bits per heavy atom. The lowest BCUT2D eigenvalue weighted by Gasteiger charge is -2.40. The van der Waals surface area contributed by atoms with E-state index < -0.39 is 13.1 Å². The Hall–Kier alpha value is -2.30. The maximum atomic E-state index is 12.4. The van der Waals surface area contributed by atoms with Gasteiger partial charge in [-0.25, -0.2) is 4.79 Å². The standard InChI is InChI=1S/C19H23BN2O7/c23-16(5-10-7-21-3-4-27-10)22-8-11(9-22)28-15-2-1-12-13-6-14(13)20(26)29-18(12)17(15)19(24)25/h1-2,10-11,13-14,21,26H,3-9H2,(H,24,25)/t10-,13-,14-/m1/s1. The number of carbonyl (C=O) groups excluding carboxylic acids is 1. The molecule has 0 spiro atoms. The number of carbonyl (C=O) groups is 2. The summed E-state index contributed by atoms with van der Waals surface area (Å²) >= 11 is 0. The molecule has 1 aromatic rings. The lowest BCUT2D eigenvalue weighted by molar-refractivity contribution is -0.143. The number of nitrogens with zero attached hydrogens (tertiary/aromatic N) is 1. The third-order valence-corrected chi connectivity index (χ3v) is 6.11. The van der Waals surface area contributed by atoms with Gasteiger partial charge in [0, 0.05) is 18.9 Å². The van der Waals surface area contributed by atoms with Crippen molar-refractivity contribution in [1.82, 2.24) is 10.2 Å². The fourth-order valence-electron chi connectivity index (χ4n) is 4.37. The quantitative estimate of drug-likeness (QED) is 0.593. The molecular formula is C19H23BN2O7. The summed E-state index contributed by atoms with van der Waals surface area (Å²) in [5.74, 6) is -0.541. The number of aromatic carboxylic acids is 1. The predicted octanol–water partition coefficient (Wildman–Crippen LogP) is 0.0833. The third kappa shape index (κ3) is 3.45. The number of fused-ring (bicyclic) bond motifs is 3. The highest BCUT2D eigenvalue weighted by Crippen LogP contribution is 2.60. The largest absolute Gasteiger partial charge is 0.535 e. The molecule has 3 atom stereocenters. The van der Waals surface area contributed by atoms with Crippen molar-refractivity contribution in [3.63, 3.8) is 0 Å². The van der Waals surface area contributed by atoms with Crippen LogP contribution < -0.4 is 14.7 Å². The van der Waals surface area contributed by atoms with Crippen LogP contribution in [0.15, 0.2) is 12.1 Å². The van der Waals surface area contributed by atoms with E-state index >= 15 is 0 Å². The molecule has 0 radical (unpaired) electrons. The van der Waals surface area contributed by atoms with Crippen LogP contribution in [0.2, 0.25) is 5.82 Å². The number of rotatable bonds is 5. The summed E-state index contributed by atoms with van der Waals surface area (Å²) in [7, 11) is -0.978. The smallest absolute Gasteiger partial charge is 0.526 e. The molecule has 1 aliphatic carbocycles. The lowest BCUT2D eigenvalue weighted by atomic mass is 9.77. The minimum atomic E-state index is -1.16. The predicted molar refractivity (Wildman–Crippen MR) is 101 cm³/mol. The highest BCUT2D eigenvalue weighted by atomic mass is 16.5. The molecule has 9 nitrogen and oxygen atoms in total. The zero-order valence-corrected chi connectivity index (χ0v) is 15.9. The van der Waals surface area contributed by atoms with Crippen molar-refractivity contribution in [3.05, 3.63) is 23.3 Å². The summed E-state index contributed by atoms with van der Waals surface area (Å²) < 4.78 is 17.0. The van der Waals surface area contributed by atoms with Crippen molar-refractivity contribution < 1.29 is 33.8 Å². The Morgan fingerprint density at radius 3 is 2.90 bits per heavy atom. The molecule has 3 heterocycles. The van der Waals surface area contributed by atoms with Crippen LogP contribution in [0.25, 0.3) is 0 Å². The minimum Gasteiger partial charge on any atom is -0.535 e. The first kappa shape index (κ1) is 18.7. The van der Waals surface area contributed by atoms with E-state index in [4.69, 9.17) is 14.1 Å². The van der Waals surface area contributed by atoms with Gasteiger partial charge in [-0.1, -0.05) is 6.07 Å². The topological polar surface area (TPSA) is 118 Å². The molecular weight excluding hydrogens is 379 g/mol. The van der Waals surface area contributed by atoms with E-state index in [1.165, 1.54) is 0 Å². The first-order chi connectivity index (χ1) is 14.0. The van der Waals surface area contributed by atoms with Gasteiger partial charge in [0.1, 0.15) is 23.2 Å². The SMILES string of the molecule is O=C(O)c1c(OC2CN(C(=O)C[C@@H]3CNCCO3)C2)ccc2c1OB(O)[C@@H]1C[C@H]21. The summed E-state index contributed by atoms with van der Waals surface area (Å²) in [6.45, 7) is 2.90. The van der Waals surface area contributed by atoms with E-state index in [0.29, 0.717) is 32.7 Å². The summed E-state index contributed by atoms with van der Waals surface area (Å²) in [5.41, 5.74) is 0.759. The molecule has 154 valence electrons. The first-order valence-electron chi connectivity index (χ1n) is 10.0. The maximum absolute atomic E-state index is 12.4. The number of ether oxygens (including phenoxy) is 2. The summed E-state index contributed by atoms with van der Waals surface area (Å²) in [4.78, 5) is 25.9. The number of hydrogen-bond acceptors (Lipinski definition) is 7. The Bertz CT molecular complexity index is 838. The second-order valence-corrected chi connectivity index (χ2v) is 8.12. The van der Waals surface area contributed by atoms with Crippen molar-refractivity contribution in [2.75, 3.05) is 32.8 Å². The van der Waals surface area contributed by atoms with Gasteiger partial charge in [-0.15, -0.1) is 0 Å². The molecule has 3 fully saturated rings. The summed E-state index contributed by atoms with van der Waals surface area (Å²) in [6, 6.07) is 3.48. The first-order valence-corrected chi connectivity index (χ1v) is 10.0. The third-order valence-electron chi connectivity index (χ3n) is 6.11. The average Bonchev–Trinajstić information content (AvgIpc) is 3.46. The number of hydrogen-bond donors (Lipinski definition) is 3. The Balaban J connectivity index is 1.23. The van der Waals surface area contributed by atoms with Crippen molar-refractivity contribution in [1.29, 1.82) is 0 Å². The van der Waals surface area contributed by atoms with E-state index in [0.717, 1.165) is 18.5 Å². The van der Waals surface area contributed by atoms with E-state index in [1.807, 2.05) is 6.07 Å². The van der Waals surface area contributed by atoms with Crippen LogP contribution in [0, 0.1) is 0 Å². The van der Waals surface area contributed by atoms with Gasteiger partial charge in [0.2, 0.25) is 5.91 Å². The minimum absolute atomic E-state index is 0.00804. The number of morpholine rings is 1. The molecule has 0 unspecified atom stereocenters. The molecule has 0 bridgehead atoms. The summed E-state index contributed by atoms with van der Waals surface area (Å²) in [6.07, 6.45) is 0.744. The summed E-state index contributed by atoms with van der Waals surface area (Å²) in [5, 5.41) is 22.9. The molecule has 1 saturated carbocycles. The molecule has 4 aliphatic rings. The van der Waals surface area contributed by atoms with Gasteiger partial charge in [0.15, 0.2) is 0 Å². The Morgan fingerprint density at radius 2 is 2.17 bits per heavy atom. The highest BCUT2D eigenvalue weighted by Gasteiger charge is 2.54. The zero-order valence-electron chi connectivity index (χ0n) is 15.9. The van der Waals surface area contributed by atoms with Gasteiger partial charge in [0.05, 0.1) is 32.2 Å². The normalized spacial score (nSPS) is 28.0. The molecule has 29 heavy (non-hydrogen) atoms. The van der Waals surface area contributed by atoms with Gasteiger partial charge in [-0.2, -0.15) is 0 Å². The number of likely N-dealkylation sites (tertiary alicyclic amines) is 1. The molecule has 3 N–H and O–H groups in total. The van der Waals surface area contributed by atoms with Crippen LogP contribution in [0.3, 0.4) is 0 Å². The van der Waals surface area contributed by atoms with E-state index in [1.54, 1.807) is 11.0 Å². The van der Waals surface area contributed by atoms with Crippen molar-refractivity contribution >= 4 is 19.0 Å². The van der Waals surface area contributed by atoms with Crippen LogP contribution >= 0.6 is 0 Å². The maximum Gasteiger partial charge on any atom is 0.526 e. The molecule has 1 amide bonds. The van der Waals surface area contributed by atoms with Gasteiger partial charge >= 0.3 is 13.1 Å². The fraction of sp³-hybridized carbons (Fsp3) is 0.579. The Labute approximate surface area is 168 Å². The fourth-order valence-corrected chi connectivity index (χ4v) is 4.37. The van der Waals surface area contributed by atoms with Crippen LogP contribution in [-0.2, 0) is 9.53 Å². The van der Waals surface area contributed by atoms with Gasteiger partial charge in [-0.3, -0.25) is 4.79 Å². The van der Waals surface area contributed by atoms with Gasteiger partial charge in [0.25, 0.3) is 0 Å². The van der Waals surface area contributed by atoms with Gasteiger partial charge in [-0.05, 0) is 24.0 Å². The molecule has 2 saturated heterocycles. The van der Waals surface area contributed by atoms with Crippen LogP contribution in [0.5, 0.6) is 11.5 Å². The second kappa shape index (κ2) is 7.19. The number of carboxylic acids is 1. The second-order valence-electron chi connectivity index (χ2n) is 8.12. The number of benzene rings is 1. The number of amides is 1. The molecule has 3 aliphatic heterocycles. The average molecular weight is 402 g/mol. The molecule has 5 rings (SSSR count). The molecule has 10 heteroatoms. The van der Waals surface area contributed by atoms with Crippen LogP contribution in [0.4, 0.5) is 0 Å². The van der Waals surface area contributed by atoms with Crippen molar-refractivity contribution in [2.24, 2.45) is 0 Å². The van der Waals surface area contributed by atoms with E-state index in [2.05, 4.69) is 5.32 Å². The van der Waals surface area contributed by atoms with Crippen molar-refractivity contribution in [3.8, 4) is 11.5 Å². The molecule has 1 aromatic carbocycles. The van der Waals surface area contributed by atoms with Crippen molar-refractivity contribution in [2.45, 2.75) is 36.8 Å². The van der Waals surface area contributed by atoms with Gasteiger partial charge < -0.3 is 34.5 Å². The van der Waals surface area contributed by atoms with E-state index in [9.17, 15) is 19.7 Å². The number of carboxylic acid groups (broad SMARTS) is 1. The van der Waals surface area contributed by atoms with Crippen LogP contribution in [0.1, 0.15) is 34.7 Å². The highest BCUT2D eigenvalue weighted by molar-refractivity contribution is 6.48. The lowest BCUT2D eigenvalue weighted by Crippen LogP contribution is -2.57. The zero-order chi connectivity index (χ0) is 20.1. The van der Waals surface area contributed by atoms with E-state index in [-0.39, 0.29) is 46.9 Å². The molecule has 0 aromatic heterocycles. The van der Waals surface area contributed by atoms with Crippen LogP contribution in [-0.4, -0.2) is 79.0 Å². The number of nitrogens with one attached hydrogen (secondary N) is 1. The Kier molecular flexibility index (Phi) is 4.64. The monoisotopic (exact) mass is 402 g/mol.